The van der Waals surface area contributed by atoms with Gasteiger partial charge in [-0.1, -0.05) is 12.1 Å². The molecule has 0 amide bonds. The van der Waals surface area contributed by atoms with Crippen molar-refractivity contribution >= 4 is 5.69 Å². The SMILES string of the molecule is Nc1ccc(C(N)C2CCOCC2)cc1. The number of nitrogens with two attached hydrogens (primary N) is 2. The van der Waals surface area contributed by atoms with Crippen LogP contribution in [0.3, 0.4) is 0 Å². The van der Waals surface area contributed by atoms with Crippen molar-refractivity contribution in [1.82, 2.24) is 0 Å². The molecule has 0 saturated carbocycles. The zero-order valence-corrected chi connectivity index (χ0v) is 8.86. The molecule has 1 aromatic carbocycles. The normalized spacial score (nSPS) is 20.1. The number of nitrogen functional groups attached to an aromatic ring is 1. The molecule has 0 spiro atoms. The molecule has 3 heteroatoms. The van der Waals surface area contributed by atoms with Gasteiger partial charge in [0.25, 0.3) is 0 Å². The summed E-state index contributed by atoms with van der Waals surface area (Å²) in [5, 5.41) is 0. The molecule has 1 aromatic rings. The van der Waals surface area contributed by atoms with Gasteiger partial charge in [0.1, 0.15) is 0 Å². The topological polar surface area (TPSA) is 61.3 Å². The lowest BCUT2D eigenvalue weighted by atomic mass is 9.88. The van der Waals surface area contributed by atoms with E-state index >= 15 is 0 Å². The van der Waals surface area contributed by atoms with E-state index in [1.54, 1.807) is 0 Å². The fourth-order valence-corrected chi connectivity index (χ4v) is 2.07. The zero-order chi connectivity index (χ0) is 10.7. The second-order valence-corrected chi connectivity index (χ2v) is 4.14. The van der Waals surface area contributed by atoms with E-state index in [2.05, 4.69) is 0 Å². The molecule has 82 valence electrons. The number of hydrogen-bond donors (Lipinski definition) is 2. The van der Waals surface area contributed by atoms with Crippen molar-refractivity contribution < 1.29 is 4.74 Å². The van der Waals surface area contributed by atoms with E-state index in [0.29, 0.717) is 5.92 Å². The van der Waals surface area contributed by atoms with Crippen LogP contribution in [0.2, 0.25) is 0 Å². The molecule has 0 bridgehead atoms. The second-order valence-electron chi connectivity index (χ2n) is 4.14. The number of benzene rings is 1. The number of hydrogen-bond acceptors (Lipinski definition) is 3. The van der Waals surface area contributed by atoms with E-state index in [9.17, 15) is 0 Å². The third-order valence-corrected chi connectivity index (χ3v) is 3.10. The van der Waals surface area contributed by atoms with E-state index in [-0.39, 0.29) is 6.04 Å². The molecule has 1 aliphatic heterocycles. The average Bonchev–Trinajstić information content (AvgIpc) is 2.30. The van der Waals surface area contributed by atoms with Crippen molar-refractivity contribution in [3.8, 4) is 0 Å². The van der Waals surface area contributed by atoms with E-state index in [0.717, 1.165) is 31.7 Å². The summed E-state index contributed by atoms with van der Waals surface area (Å²) in [5.41, 5.74) is 13.8. The Morgan fingerprint density at radius 2 is 1.73 bits per heavy atom. The van der Waals surface area contributed by atoms with Gasteiger partial charge in [-0.2, -0.15) is 0 Å². The Hall–Kier alpha value is -1.06. The molecule has 1 unspecified atom stereocenters. The molecule has 0 aliphatic carbocycles. The summed E-state index contributed by atoms with van der Waals surface area (Å²) in [6.07, 6.45) is 2.12. The monoisotopic (exact) mass is 206 g/mol. The minimum Gasteiger partial charge on any atom is -0.399 e. The highest BCUT2D eigenvalue weighted by Gasteiger charge is 2.21. The summed E-state index contributed by atoms with van der Waals surface area (Å²) in [5.74, 6) is 0.544. The average molecular weight is 206 g/mol. The quantitative estimate of drug-likeness (QED) is 0.724. The minimum atomic E-state index is 0.120. The summed E-state index contributed by atoms with van der Waals surface area (Å²) in [4.78, 5) is 0. The summed E-state index contributed by atoms with van der Waals surface area (Å²) >= 11 is 0. The Balaban J connectivity index is 2.05. The molecule has 3 nitrogen and oxygen atoms in total. The predicted octanol–water partition coefficient (Wildman–Crippen LogP) is 1.70. The van der Waals surface area contributed by atoms with Gasteiger partial charge in [-0.05, 0) is 36.5 Å². The first kappa shape index (κ1) is 10.5. The van der Waals surface area contributed by atoms with Gasteiger partial charge in [0.15, 0.2) is 0 Å². The standard InChI is InChI=1S/C12H18N2O/c13-11-3-1-9(2-4-11)12(14)10-5-7-15-8-6-10/h1-4,10,12H,5-8,13-14H2. The predicted molar refractivity (Wildman–Crippen MR) is 61.3 cm³/mol. The van der Waals surface area contributed by atoms with Gasteiger partial charge >= 0.3 is 0 Å². The van der Waals surface area contributed by atoms with Crippen molar-refractivity contribution in [3.63, 3.8) is 0 Å². The van der Waals surface area contributed by atoms with Crippen LogP contribution in [0.1, 0.15) is 24.4 Å². The molecule has 1 saturated heterocycles. The number of ether oxygens (including phenoxy) is 1. The molecule has 2 rings (SSSR count). The highest BCUT2D eigenvalue weighted by molar-refractivity contribution is 5.40. The first-order chi connectivity index (χ1) is 7.27. The lowest BCUT2D eigenvalue weighted by molar-refractivity contribution is 0.0584. The molecular formula is C12H18N2O. The van der Waals surface area contributed by atoms with Gasteiger partial charge in [-0.15, -0.1) is 0 Å². The van der Waals surface area contributed by atoms with E-state index in [1.807, 2.05) is 24.3 Å². The molecule has 1 aliphatic rings. The van der Waals surface area contributed by atoms with Gasteiger partial charge < -0.3 is 16.2 Å². The van der Waals surface area contributed by atoms with Crippen LogP contribution in [-0.2, 0) is 4.74 Å². The lowest BCUT2D eigenvalue weighted by Crippen LogP contribution is -2.27. The van der Waals surface area contributed by atoms with Crippen molar-refractivity contribution in [2.45, 2.75) is 18.9 Å². The highest BCUT2D eigenvalue weighted by atomic mass is 16.5. The zero-order valence-electron chi connectivity index (χ0n) is 8.86. The van der Waals surface area contributed by atoms with Crippen LogP contribution < -0.4 is 11.5 Å². The van der Waals surface area contributed by atoms with Crippen LogP contribution >= 0.6 is 0 Å². The van der Waals surface area contributed by atoms with Crippen LogP contribution in [0, 0.1) is 5.92 Å². The van der Waals surface area contributed by atoms with Gasteiger partial charge in [0.2, 0.25) is 0 Å². The lowest BCUT2D eigenvalue weighted by Gasteiger charge is -2.27. The molecule has 1 fully saturated rings. The minimum absolute atomic E-state index is 0.120. The Morgan fingerprint density at radius 1 is 1.13 bits per heavy atom. The van der Waals surface area contributed by atoms with Gasteiger partial charge in [-0.25, -0.2) is 0 Å². The highest BCUT2D eigenvalue weighted by Crippen LogP contribution is 2.28. The first-order valence-electron chi connectivity index (χ1n) is 5.46. The van der Waals surface area contributed by atoms with E-state index in [1.165, 1.54) is 5.56 Å². The number of anilines is 1. The smallest absolute Gasteiger partial charge is 0.0469 e. The van der Waals surface area contributed by atoms with Crippen LogP contribution in [-0.4, -0.2) is 13.2 Å². The summed E-state index contributed by atoms with van der Waals surface area (Å²) < 4.78 is 5.33. The Bertz CT molecular complexity index is 304. The summed E-state index contributed by atoms with van der Waals surface area (Å²) in [6, 6.07) is 7.99. The summed E-state index contributed by atoms with van der Waals surface area (Å²) in [7, 11) is 0. The maximum atomic E-state index is 6.22. The van der Waals surface area contributed by atoms with Crippen molar-refractivity contribution in [2.75, 3.05) is 18.9 Å². The van der Waals surface area contributed by atoms with E-state index in [4.69, 9.17) is 16.2 Å². The molecular weight excluding hydrogens is 188 g/mol. The molecule has 1 atom stereocenters. The molecule has 0 aromatic heterocycles. The first-order valence-corrected chi connectivity index (χ1v) is 5.46. The second kappa shape index (κ2) is 4.64. The molecule has 15 heavy (non-hydrogen) atoms. The van der Waals surface area contributed by atoms with Crippen LogP contribution in [0.15, 0.2) is 24.3 Å². The van der Waals surface area contributed by atoms with Gasteiger partial charge in [-0.3, -0.25) is 0 Å². The number of rotatable bonds is 2. The van der Waals surface area contributed by atoms with Crippen molar-refractivity contribution in [1.29, 1.82) is 0 Å². The van der Waals surface area contributed by atoms with Crippen LogP contribution in [0.4, 0.5) is 5.69 Å². The van der Waals surface area contributed by atoms with E-state index < -0.39 is 0 Å². The largest absolute Gasteiger partial charge is 0.399 e. The van der Waals surface area contributed by atoms with Crippen LogP contribution in [0.5, 0.6) is 0 Å². The maximum Gasteiger partial charge on any atom is 0.0469 e. The third kappa shape index (κ3) is 2.49. The van der Waals surface area contributed by atoms with Crippen molar-refractivity contribution in [3.05, 3.63) is 29.8 Å². The Kier molecular flexibility index (Phi) is 3.23. The van der Waals surface area contributed by atoms with Crippen LogP contribution in [0.25, 0.3) is 0 Å². The maximum absolute atomic E-state index is 6.22. The molecule has 4 N–H and O–H groups in total. The third-order valence-electron chi connectivity index (χ3n) is 3.10. The Labute approximate surface area is 90.4 Å². The van der Waals surface area contributed by atoms with Gasteiger partial charge in [0.05, 0.1) is 0 Å². The fourth-order valence-electron chi connectivity index (χ4n) is 2.07. The summed E-state index contributed by atoms with van der Waals surface area (Å²) in [6.45, 7) is 1.68. The van der Waals surface area contributed by atoms with Gasteiger partial charge in [0, 0.05) is 24.9 Å². The fraction of sp³-hybridized carbons (Fsp3) is 0.500. The molecule has 1 heterocycles. The molecule has 0 radical (unpaired) electrons. The Morgan fingerprint density at radius 3 is 2.33 bits per heavy atom. The van der Waals surface area contributed by atoms with Crippen molar-refractivity contribution in [2.24, 2.45) is 11.7 Å².